The van der Waals surface area contributed by atoms with E-state index >= 15 is 0 Å². The number of anilines is 2. The fourth-order valence-corrected chi connectivity index (χ4v) is 3.31. The fourth-order valence-electron chi connectivity index (χ4n) is 3.31. The van der Waals surface area contributed by atoms with Gasteiger partial charge in [0, 0.05) is 18.5 Å². The lowest BCUT2D eigenvalue weighted by Crippen LogP contribution is -2.31. The van der Waals surface area contributed by atoms with Crippen LogP contribution in [0.15, 0.2) is 18.2 Å². The Morgan fingerprint density at radius 3 is 2.68 bits per heavy atom. The van der Waals surface area contributed by atoms with Crippen LogP contribution in [0.1, 0.15) is 26.2 Å². The summed E-state index contributed by atoms with van der Waals surface area (Å²) in [4.78, 5) is 23.4. The smallest absolute Gasteiger partial charge is 0.228 e. The molecule has 2 aliphatic rings. The van der Waals surface area contributed by atoms with Gasteiger partial charge >= 0.3 is 0 Å². The van der Waals surface area contributed by atoms with Crippen molar-refractivity contribution in [2.45, 2.75) is 26.2 Å². The first-order chi connectivity index (χ1) is 10.5. The van der Waals surface area contributed by atoms with Crippen molar-refractivity contribution in [1.29, 1.82) is 0 Å². The van der Waals surface area contributed by atoms with Crippen molar-refractivity contribution in [2.75, 3.05) is 23.7 Å². The van der Waals surface area contributed by atoms with Gasteiger partial charge in [0.25, 0.3) is 0 Å². The summed E-state index contributed by atoms with van der Waals surface area (Å²) in [5, 5.41) is 8.56. The Kier molecular flexibility index (Phi) is 3.87. The van der Waals surface area contributed by atoms with E-state index in [1.807, 2.05) is 0 Å². The van der Waals surface area contributed by atoms with Crippen molar-refractivity contribution in [3.63, 3.8) is 0 Å². The lowest BCUT2D eigenvalue weighted by Gasteiger charge is -2.23. The van der Waals surface area contributed by atoms with E-state index in [9.17, 15) is 14.0 Å². The molecule has 6 heteroatoms. The van der Waals surface area contributed by atoms with Crippen molar-refractivity contribution < 1.29 is 14.0 Å². The molecule has 1 unspecified atom stereocenters. The van der Waals surface area contributed by atoms with Gasteiger partial charge in [-0.1, -0.05) is 0 Å². The summed E-state index contributed by atoms with van der Waals surface area (Å²) < 4.78 is 13.6. The van der Waals surface area contributed by atoms with Gasteiger partial charge in [0.1, 0.15) is 5.82 Å². The van der Waals surface area contributed by atoms with E-state index in [0.29, 0.717) is 5.69 Å². The minimum atomic E-state index is -0.519. The van der Waals surface area contributed by atoms with Crippen LogP contribution in [0, 0.1) is 17.2 Å². The Morgan fingerprint density at radius 2 is 2.00 bits per heavy atom. The molecule has 1 saturated heterocycles. The lowest BCUT2D eigenvalue weighted by molar-refractivity contribution is -0.118. The van der Waals surface area contributed by atoms with Gasteiger partial charge in [-0.2, -0.15) is 0 Å². The molecular weight excluding hydrogens is 285 g/mol. The third-order valence-electron chi connectivity index (χ3n) is 4.65. The minimum absolute atomic E-state index is 0.0118. The quantitative estimate of drug-likeness (QED) is 0.801. The molecule has 1 atom stereocenters. The largest absolute Gasteiger partial charge is 0.326 e. The van der Waals surface area contributed by atoms with Crippen LogP contribution in [0.2, 0.25) is 0 Å². The number of rotatable bonds is 3. The maximum absolute atomic E-state index is 13.6. The van der Waals surface area contributed by atoms with Gasteiger partial charge in [0.15, 0.2) is 0 Å². The molecule has 3 rings (SSSR count). The van der Waals surface area contributed by atoms with Gasteiger partial charge in [0.05, 0.1) is 5.69 Å². The summed E-state index contributed by atoms with van der Waals surface area (Å²) in [5.41, 5.74) is 0.749. The van der Waals surface area contributed by atoms with E-state index in [4.69, 9.17) is 0 Å². The average Bonchev–Trinajstić information content (AvgIpc) is 3.16. The zero-order valence-electron chi connectivity index (χ0n) is 12.5. The number of nitrogens with one attached hydrogen (secondary N) is 3. The lowest BCUT2D eigenvalue weighted by atomic mass is 9.92. The van der Waals surface area contributed by atoms with Crippen LogP contribution in [0.4, 0.5) is 15.8 Å². The molecule has 1 aromatic rings. The van der Waals surface area contributed by atoms with Crippen molar-refractivity contribution >= 4 is 23.2 Å². The molecule has 0 bridgehead atoms. The van der Waals surface area contributed by atoms with Gasteiger partial charge < -0.3 is 16.0 Å². The molecule has 1 aliphatic carbocycles. The highest BCUT2D eigenvalue weighted by atomic mass is 19.1. The number of hydrogen-bond donors (Lipinski definition) is 3. The Balaban J connectivity index is 1.66. The molecule has 0 radical (unpaired) electrons. The summed E-state index contributed by atoms with van der Waals surface area (Å²) in [6, 6.07) is 4.20. The Bertz CT molecular complexity index is 611. The van der Waals surface area contributed by atoms with E-state index in [0.717, 1.165) is 32.4 Å². The van der Waals surface area contributed by atoms with Crippen molar-refractivity contribution in [3.05, 3.63) is 24.0 Å². The van der Waals surface area contributed by atoms with E-state index in [1.54, 1.807) is 0 Å². The summed E-state index contributed by atoms with van der Waals surface area (Å²) >= 11 is 0. The standard InChI is InChI=1S/C16H20FN3O2/c1-10(21)19-14-8-11(2-3-13(14)17)20-15(22)12-9-16(12)4-6-18-7-5-16/h2-3,8,12,18H,4-7,9H2,1H3,(H,19,21)(H,20,22). The Labute approximate surface area is 128 Å². The van der Waals surface area contributed by atoms with Gasteiger partial charge in [-0.05, 0) is 56.0 Å². The topological polar surface area (TPSA) is 70.2 Å². The Hall–Kier alpha value is -1.95. The normalized spacial score (nSPS) is 22.2. The zero-order valence-corrected chi connectivity index (χ0v) is 12.5. The second kappa shape index (κ2) is 5.68. The predicted octanol–water partition coefficient (Wildman–Crippen LogP) is 2.11. The van der Waals surface area contributed by atoms with E-state index < -0.39 is 5.82 Å². The van der Waals surface area contributed by atoms with Crippen LogP contribution < -0.4 is 16.0 Å². The zero-order chi connectivity index (χ0) is 15.7. The molecule has 1 heterocycles. The van der Waals surface area contributed by atoms with Gasteiger partial charge in [-0.25, -0.2) is 4.39 Å². The van der Waals surface area contributed by atoms with Gasteiger partial charge in [0.2, 0.25) is 11.8 Å². The van der Waals surface area contributed by atoms with Crippen LogP contribution in [-0.2, 0) is 9.59 Å². The van der Waals surface area contributed by atoms with Crippen molar-refractivity contribution in [1.82, 2.24) is 5.32 Å². The van der Waals surface area contributed by atoms with Gasteiger partial charge in [-0.3, -0.25) is 9.59 Å². The molecule has 1 spiro atoms. The van der Waals surface area contributed by atoms with Gasteiger partial charge in [-0.15, -0.1) is 0 Å². The molecular formula is C16H20FN3O2. The average molecular weight is 305 g/mol. The number of hydrogen-bond acceptors (Lipinski definition) is 3. The van der Waals surface area contributed by atoms with E-state index in [2.05, 4.69) is 16.0 Å². The summed E-state index contributed by atoms with van der Waals surface area (Å²) in [6.07, 6.45) is 3.00. The van der Waals surface area contributed by atoms with E-state index in [-0.39, 0.29) is 28.8 Å². The Morgan fingerprint density at radius 1 is 1.27 bits per heavy atom. The fraction of sp³-hybridized carbons (Fsp3) is 0.500. The highest BCUT2D eigenvalue weighted by Crippen LogP contribution is 2.58. The number of carbonyl (C=O) groups is 2. The molecule has 1 aliphatic heterocycles. The van der Waals surface area contributed by atoms with Crippen molar-refractivity contribution in [2.24, 2.45) is 11.3 Å². The third kappa shape index (κ3) is 2.97. The van der Waals surface area contributed by atoms with Crippen molar-refractivity contribution in [3.8, 4) is 0 Å². The molecule has 3 N–H and O–H groups in total. The molecule has 2 fully saturated rings. The van der Waals surface area contributed by atoms with Crippen LogP contribution in [0.3, 0.4) is 0 Å². The van der Waals surface area contributed by atoms with Crippen LogP contribution in [0.5, 0.6) is 0 Å². The van der Waals surface area contributed by atoms with Crippen LogP contribution in [0.25, 0.3) is 0 Å². The highest BCUT2D eigenvalue weighted by molar-refractivity contribution is 5.96. The number of halogens is 1. The highest BCUT2D eigenvalue weighted by Gasteiger charge is 2.57. The first-order valence-electron chi connectivity index (χ1n) is 7.59. The number of piperidine rings is 1. The maximum atomic E-state index is 13.6. The third-order valence-corrected chi connectivity index (χ3v) is 4.65. The first-order valence-corrected chi connectivity index (χ1v) is 7.59. The molecule has 5 nitrogen and oxygen atoms in total. The number of carbonyl (C=O) groups excluding carboxylic acids is 2. The number of amides is 2. The van der Waals surface area contributed by atoms with Crippen LogP contribution >= 0.6 is 0 Å². The molecule has 1 saturated carbocycles. The van der Waals surface area contributed by atoms with Crippen LogP contribution in [-0.4, -0.2) is 24.9 Å². The maximum Gasteiger partial charge on any atom is 0.228 e. The molecule has 1 aromatic carbocycles. The molecule has 0 aromatic heterocycles. The predicted molar refractivity (Wildman–Crippen MR) is 82.0 cm³/mol. The SMILES string of the molecule is CC(=O)Nc1cc(NC(=O)C2CC23CCNCC3)ccc1F. The van der Waals surface area contributed by atoms with E-state index in [1.165, 1.54) is 25.1 Å². The summed E-state index contributed by atoms with van der Waals surface area (Å²) in [5.74, 6) is -0.834. The molecule has 2 amide bonds. The summed E-state index contributed by atoms with van der Waals surface area (Å²) in [6.45, 7) is 3.25. The second-order valence-corrected chi connectivity index (χ2v) is 6.23. The molecule has 118 valence electrons. The first kappa shape index (κ1) is 15.0. The summed E-state index contributed by atoms with van der Waals surface area (Å²) in [7, 11) is 0. The minimum Gasteiger partial charge on any atom is -0.326 e. The second-order valence-electron chi connectivity index (χ2n) is 6.23. The number of benzene rings is 1. The monoisotopic (exact) mass is 305 g/mol. The molecule has 22 heavy (non-hydrogen) atoms.